The first-order valence-electron chi connectivity index (χ1n) is 7.15. The van der Waals surface area contributed by atoms with E-state index in [1.165, 1.54) is 0 Å². The number of carbonyl (C=O) groups excluding carboxylic acids is 2. The minimum atomic E-state index is 0.0149. The van der Waals surface area contributed by atoms with Crippen LogP contribution in [0, 0.1) is 0 Å². The molecule has 1 aromatic rings. The van der Waals surface area contributed by atoms with E-state index in [0.717, 1.165) is 17.1 Å². The third kappa shape index (κ3) is 3.26. The van der Waals surface area contributed by atoms with Crippen molar-refractivity contribution in [3.05, 3.63) is 23.8 Å². The highest BCUT2D eigenvalue weighted by molar-refractivity contribution is 5.80. The molecule has 0 saturated carbocycles. The summed E-state index contributed by atoms with van der Waals surface area (Å²) in [5, 5.41) is 2.77. The fourth-order valence-corrected chi connectivity index (χ4v) is 2.52. The van der Waals surface area contributed by atoms with Gasteiger partial charge in [0.2, 0.25) is 18.6 Å². The maximum Gasteiger partial charge on any atom is 0.231 e. The van der Waals surface area contributed by atoms with Gasteiger partial charge in [-0.1, -0.05) is 6.07 Å². The Bertz CT molecular complexity index is 559. The second kappa shape index (κ2) is 6.03. The lowest BCUT2D eigenvalue weighted by molar-refractivity contribution is -0.131. The van der Waals surface area contributed by atoms with E-state index < -0.39 is 0 Å². The Morgan fingerprint density at radius 1 is 1.24 bits per heavy atom. The zero-order valence-electron chi connectivity index (χ0n) is 11.8. The molecule has 0 aliphatic carbocycles. The van der Waals surface area contributed by atoms with Crippen molar-refractivity contribution >= 4 is 11.8 Å². The molecule has 0 aromatic heterocycles. The fraction of sp³-hybridized carbons (Fsp3) is 0.467. The van der Waals surface area contributed by atoms with Crippen LogP contribution in [-0.2, 0) is 16.0 Å². The fourth-order valence-electron chi connectivity index (χ4n) is 2.52. The zero-order chi connectivity index (χ0) is 14.7. The highest BCUT2D eigenvalue weighted by Crippen LogP contribution is 2.32. The summed E-state index contributed by atoms with van der Waals surface area (Å²) in [5.41, 5.74) is 1.05. The quantitative estimate of drug-likeness (QED) is 0.889. The van der Waals surface area contributed by atoms with Gasteiger partial charge in [-0.05, 0) is 24.1 Å². The van der Waals surface area contributed by atoms with E-state index >= 15 is 0 Å². The summed E-state index contributed by atoms with van der Waals surface area (Å²) in [7, 11) is 0. The van der Waals surface area contributed by atoms with Crippen LogP contribution < -0.4 is 14.8 Å². The number of hydrogen-bond acceptors (Lipinski definition) is 4. The molecule has 2 aliphatic rings. The Kier molecular flexibility index (Phi) is 3.94. The van der Waals surface area contributed by atoms with Gasteiger partial charge in [-0.15, -0.1) is 0 Å². The van der Waals surface area contributed by atoms with Crippen molar-refractivity contribution in [1.82, 2.24) is 10.2 Å². The van der Waals surface area contributed by atoms with E-state index in [-0.39, 0.29) is 18.6 Å². The normalized spacial score (nSPS) is 17.3. The standard InChI is InChI=1S/C15H18N2O4/c18-14-5-7-17(8-6-16-14)15(19)4-2-11-1-3-12-13(9-11)21-10-20-12/h1,3,9H,2,4-8,10H2,(H,16,18). The molecule has 0 bridgehead atoms. The van der Waals surface area contributed by atoms with Gasteiger partial charge in [-0.25, -0.2) is 0 Å². The van der Waals surface area contributed by atoms with E-state index in [1.54, 1.807) is 4.90 Å². The number of nitrogens with one attached hydrogen (secondary N) is 1. The smallest absolute Gasteiger partial charge is 0.231 e. The number of carbonyl (C=O) groups is 2. The predicted octanol–water partition coefficient (Wildman–Crippen LogP) is 0.696. The van der Waals surface area contributed by atoms with Crippen molar-refractivity contribution < 1.29 is 19.1 Å². The van der Waals surface area contributed by atoms with Gasteiger partial charge in [0.05, 0.1) is 0 Å². The number of amides is 2. The molecule has 1 fully saturated rings. The number of rotatable bonds is 3. The molecule has 0 radical (unpaired) electrons. The third-order valence-electron chi connectivity index (χ3n) is 3.73. The van der Waals surface area contributed by atoms with Gasteiger partial charge in [0.1, 0.15) is 0 Å². The predicted molar refractivity (Wildman–Crippen MR) is 75.1 cm³/mol. The van der Waals surface area contributed by atoms with Crippen LogP contribution in [0.25, 0.3) is 0 Å². The van der Waals surface area contributed by atoms with Crippen molar-refractivity contribution in [2.24, 2.45) is 0 Å². The molecule has 2 aliphatic heterocycles. The average Bonchev–Trinajstić information content (AvgIpc) is 2.85. The maximum atomic E-state index is 12.2. The molecule has 21 heavy (non-hydrogen) atoms. The molecule has 3 rings (SSSR count). The van der Waals surface area contributed by atoms with Crippen molar-refractivity contribution in [2.45, 2.75) is 19.3 Å². The van der Waals surface area contributed by atoms with Gasteiger partial charge in [0.25, 0.3) is 0 Å². The summed E-state index contributed by atoms with van der Waals surface area (Å²) in [6.07, 6.45) is 1.48. The molecule has 6 nitrogen and oxygen atoms in total. The molecule has 2 heterocycles. The molecular weight excluding hydrogens is 272 g/mol. The number of aryl methyl sites for hydroxylation is 1. The van der Waals surface area contributed by atoms with Crippen LogP contribution in [0.2, 0.25) is 0 Å². The van der Waals surface area contributed by atoms with E-state index in [9.17, 15) is 9.59 Å². The Morgan fingerprint density at radius 3 is 3.00 bits per heavy atom. The second-order valence-corrected chi connectivity index (χ2v) is 5.17. The third-order valence-corrected chi connectivity index (χ3v) is 3.73. The molecule has 1 aromatic carbocycles. The van der Waals surface area contributed by atoms with E-state index in [2.05, 4.69) is 5.32 Å². The maximum absolute atomic E-state index is 12.2. The van der Waals surface area contributed by atoms with Crippen molar-refractivity contribution in [1.29, 1.82) is 0 Å². The summed E-state index contributed by atoms with van der Waals surface area (Å²) in [4.78, 5) is 25.2. The van der Waals surface area contributed by atoms with Crippen LogP contribution in [0.3, 0.4) is 0 Å². The van der Waals surface area contributed by atoms with Crippen LogP contribution in [0.4, 0.5) is 0 Å². The van der Waals surface area contributed by atoms with Crippen LogP contribution in [0.5, 0.6) is 11.5 Å². The highest BCUT2D eigenvalue weighted by Gasteiger charge is 2.19. The number of ether oxygens (including phenoxy) is 2. The lowest BCUT2D eigenvalue weighted by Crippen LogP contribution is -2.34. The average molecular weight is 290 g/mol. The van der Waals surface area contributed by atoms with Crippen LogP contribution in [-0.4, -0.2) is 43.1 Å². The topological polar surface area (TPSA) is 67.9 Å². The Morgan fingerprint density at radius 2 is 2.10 bits per heavy atom. The Balaban J connectivity index is 1.54. The summed E-state index contributed by atoms with van der Waals surface area (Å²) < 4.78 is 10.6. The number of hydrogen-bond donors (Lipinski definition) is 1. The molecule has 112 valence electrons. The van der Waals surface area contributed by atoms with Gasteiger partial charge in [-0.3, -0.25) is 9.59 Å². The molecule has 2 amide bonds. The van der Waals surface area contributed by atoms with Gasteiger partial charge in [0, 0.05) is 32.5 Å². The van der Waals surface area contributed by atoms with E-state index in [0.29, 0.717) is 38.9 Å². The van der Waals surface area contributed by atoms with Crippen LogP contribution >= 0.6 is 0 Å². The molecule has 0 unspecified atom stereocenters. The van der Waals surface area contributed by atoms with E-state index in [1.807, 2.05) is 18.2 Å². The van der Waals surface area contributed by atoms with E-state index in [4.69, 9.17) is 9.47 Å². The summed E-state index contributed by atoms with van der Waals surface area (Å²) >= 11 is 0. The van der Waals surface area contributed by atoms with Gasteiger partial charge in [0.15, 0.2) is 11.5 Å². The number of benzene rings is 1. The minimum Gasteiger partial charge on any atom is -0.454 e. The zero-order valence-corrected chi connectivity index (χ0v) is 11.8. The lowest BCUT2D eigenvalue weighted by Gasteiger charge is -2.19. The summed E-state index contributed by atoms with van der Waals surface area (Å²) in [5.74, 6) is 1.59. The molecule has 1 N–H and O–H groups in total. The first-order valence-corrected chi connectivity index (χ1v) is 7.15. The first-order chi connectivity index (χ1) is 10.2. The second-order valence-electron chi connectivity index (χ2n) is 5.17. The monoisotopic (exact) mass is 290 g/mol. The molecule has 6 heteroatoms. The lowest BCUT2D eigenvalue weighted by atomic mass is 10.1. The Hall–Kier alpha value is -2.24. The number of fused-ring (bicyclic) bond motifs is 1. The van der Waals surface area contributed by atoms with Crippen molar-refractivity contribution in [3.8, 4) is 11.5 Å². The Labute approximate surface area is 123 Å². The van der Waals surface area contributed by atoms with Crippen LogP contribution in [0.15, 0.2) is 18.2 Å². The van der Waals surface area contributed by atoms with Gasteiger partial charge in [-0.2, -0.15) is 0 Å². The largest absolute Gasteiger partial charge is 0.454 e. The van der Waals surface area contributed by atoms with Crippen molar-refractivity contribution in [2.75, 3.05) is 26.4 Å². The molecule has 1 saturated heterocycles. The molecule has 0 spiro atoms. The summed E-state index contributed by atoms with van der Waals surface area (Å²) in [6.45, 7) is 1.89. The summed E-state index contributed by atoms with van der Waals surface area (Å²) in [6, 6.07) is 5.74. The van der Waals surface area contributed by atoms with Crippen molar-refractivity contribution in [3.63, 3.8) is 0 Å². The minimum absolute atomic E-state index is 0.0149. The van der Waals surface area contributed by atoms with Gasteiger partial charge >= 0.3 is 0 Å². The number of nitrogens with zero attached hydrogens (tertiary/aromatic N) is 1. The highest BCUT2D eigenvalue weighted by atomic mass is 16.7. The first kappa shape index (κ1) is 13.7. The van der Waals surface area contributed by atoms with Gasteiger partial charge < -0.3 is 19.7 Å². The molecule has 0 atom stereocenters. The SMILES string of the molecule is O=C1CCN(C(=O)CCc2ccc3c(c2)OCO3)CCN1. The molecular formula is C15H18N2O4. The van der Waals surface area contributed by atoms with Crippen LogP contribution in [0.1, 0.15) is 18.4 Å².